The van der Waals surface area contributed by atoms with E-state index in [1.165, 1.54) is 10.7 Å². The fourth-order valence-electron chi connectivity index (χ4n) is 1.31. The van der Waals surface area contributed by atoms with Gasteiger partial charge in [-0.05, 0) is 30.7 Å². The zero-order valence-corrected chi connectivity index (χ0v) is 10.1. The number of aryl methyl sites for hydroxylation is 1. The molecule has 2 rings (SSSR count). The maximum Gasteiger partial charge on any atom is 0.356 e. The van der Waals surface area contributed by atoms with E-state index >= 15 is 0 Å². The lowest BCUT2D eigenvalue weighted by Gasteiger charge is -2.03. The molecule has 2 aromatic rings. The fourth-order valence-corrected chi connectivity index (χ4v) is 1.67. The van der Waals surface area contributed by atoms with Gasteiger partial charge >= 0.3 is 5.97 Å². The van der Waals surface area contributed by atoms with E-state index in [1.807, 2.05) is 25.1 Å². The van der Waals surface area contributed by atoms with Crippen LogP contribution in [-0.2, 0) is 0 Å². The SMILES string of the molecule is Cc1ccc(-n2ccc(C(=O)O)n2)cc1Br. The Morgan fingerprint density at radius 1 is 1.44 bits per heavy atom. The average Bonchev–Trinajstić information content (AvgIpc) is 2.71. The predicted molar refractivity (Wildman–Crippen MR) is 63.0 cm³/mol. The summed E-state index contributed by atoms with van der Waals surface area (Å²) in [4.78, 5) is 10.7. The number of halogens is 1. The van der Waals surface area contributed by atoms with Crippen molar-refractivity contribution >= 4 is 21.9 Å². The van der Waals surface area contributed by atoms with E-state index in [0.29, 0.717) is 0 Å². The van der Waals surface area contributed by atoms with Crippen molar-refractivity contribution in [2.45, 2.75) is 6.92 Å². The van der Waals surface area contributed by atoms with Gasteiger partial charge < -0.3 is 5.11 Å². The van der Waals surface area contributed by atoms with Crippen LogP contribution in [0, 0.1) is 6.92 Å². The minimum Gasteiger partial charge on any atom is -0.476 e. The quantitative estimate of drug-likeness (QED) is 0.920. The maximum absolute atomic E-state index is 10.7. The van der Waals surface area contributed by atoms with Crippen LogP contribution in [0.5, 0.6) is 0 Å². The molecule has 0 aliphatic heterocycles. The standard InChI is InChI=1S/C11H9BrN2O2/c1-7-2-3-8(6-9(7)12)14-5-4-10(13-14)11(15)16/h2-6H,1H3,(H,15,16). The monoisotopic (exact) mass is 280 g/mol. The van der Waals surface area contributed by atoms with E-state index in [4.69, 9.17) is 5.11 Å². The van der Waals surface area contributed by atoms with Crippen LogP contribution >= 0.6 is 15.9 Å². The van der Waals surface area contributed by atoms with Gasteiger partial charge in [0.2, 0.25) is 0 Å². The third kappa shape index (κ3) is 1.99. The first-order chi connectivity index (χ1) is 7.58. The van der Waals surface area contributed by atoms with Crippen LogP contribution in [0.1, 0.15) is 16.1 Å². The van der Waals surface area contributed by atoms with Crippen molar-refractivity contribution in [3.05, 3.63) is 46.2 Å². The summed E-state index contributed by atoms with van der Waals surface area (Å²) in [5.41, 5.74) is 1.98. The molecule has 0 radical (unpaired) electrons. The molecule has 0 atom stereocenters. The van der Waals surface area contributed by atoms with Crippen LogP contribution < -0.4 is 0 Å². The molecule has 0 amide bonds. The molecule has 0 bridgehead atoms. The van der Waals surface area contributed by atoms with Gasteiger partial charge in [-0.1, -0.05) is 22.0 Å². The number of carboxylic acid groups (broad SMARTS) is 1. The molecule has 0 saturated heterocycles. The molecular weight excluding hydrogens is 272 g/mol. The Hall–Kier alpha value is -1.62. The highest BCUT2D eigenvalue weighted by Gasteiger charge is 2.08. The number of carbonyl (C=O) groups is 1. The van der Waals surface area contributed by atoms with Gasteiger partial charge in [0.15, 0.2) is 5.69 Å². The molecule has 0 aliphatic carbocycles. The van der Waals surface area contributed by atoms with Gasteiger partial charge in [0.05, 0.1) is 5.69 Å². The summed E-state index contributed by atoms with van der Waals surface area (Å²) in [6.07, 6.45) is 1.63. The highest BCUT2D eigenvalue weighted by atomic mass is 79.9. The number of aromatic nitrogens is 2. The molecule has 1 aromatic carbocycles. The first-order valence-corrected chi connectivity index (χ1v) is 5.43. The normalized spacial score (nSPS) is 10.4. The minimum atomic E-state index is -1.02. The van der Waals surface area contributed by atoms with Crippen molar-refractivity contribution in [2.75, 3.05) is 0 Å². The Morgan fingerprint density at radius 2 is 2.19 bits per heavy atom. The second-order valence-electron chi connectivity index (χ2n) is 3.38. The molecule has 0 fully saturated rings. The molecule has 1 heterocycles. The molecule has 5 heteroatoms. The summed E-state index contributed by atoms with van der Waals surface area (Å²) < 4.78 is 2.51. The van der Waals surface area contributed by atoms with E-state index < -0.39 is 5.97 Å². The van der Waals surface area contributed by atoms with E-state index in [2.05, 4.69) is 21.0 Å². The van der Waals surface area contributed by atoms with Gasteiger partial charge in [-0.25, -0.2) is 9.48 Å². The van der Waals surface area contributed by atoms with E-state index in [9.17, 15) is 4.79 Å². The highest BCUT2D eigenvalue weighted by molar-refractivity contribution is 9.10. The van der Waals surface area contributed by atoms with Gasteiger partial charge in [-0.15, -0.1) is 0 Å². The molecule has 1 N–H and O–H groups in total. The third-order valence-corrected chi connectivity index (χ3v) is 3.08. The van der Waals surface area contributed by atoms with Gasteiger partial charge in [0.1, 0.15) is 0 Å². The summed E-state index contributed by atoms with van der Waals surface area (Å²) in [5, 5.41) is 12.7. The van der Waals surface area contributed by atoms with E-state index in [1.54, 1.807) is 6.20 Å². The summed E-state index contributed by atoms with van der Waals surface area (Å²) >= 11 is 3.42. The van der Waals surface area contributed by atoms with Crippen LogP contribution in [0.25, 0.3) is 5.69 Å². The Balaban J connectivity index is 2.42. The number of carboxylic acids is 1. The summed E-state index contributed by atoms with van der Waals surface area (Å²) in [7, 11) is 0. The fraction of sp³-hybridized carbons (Fsp3) is 0.0909. The second-order valence-corrected chi connectivity index (χ2v) is 4.24. The average molecular weight is 281 g/mol. The van der Waals surface area contributed by atoms with Crippen LogP contribution in [-0.4, -0.2) is 20.9 Å². The highest BCUT2D eigenvalue weighted by Crippen LogP contribution is 2.19. The van der Waals surface area contributed by atoms with Gasteiger partial charge in [-0.2, -0.15) is 5.10 Å². The Morgan fingerprint density at radius 3 is 2.75 bits per heavy atom. The van der Waals surface area contributed by atoms with Gasteiger partial charge in [0, 0.05) is 10.7 Å². The topological polar surface area (TPSA) is 55.1 Å². The lowest BCUT2D eigenvalue weighted by Crippen LogP contribution is -2.01. The third-order valence-electron chi connectivity index (χ3n) is 2.23. The number of hydrogen-bond acceptors (Lipinski definition) is 2. The van der Waals surface area contributed by atoms with Crippen LogP contribution in [0.4, 0.5) is 0 Å². The molecule has 4 nitrogen and oxygen atoms in total. The van der Waals surface area contributed by atoms with Crippen LogP contribution in [0.2, 0.25) is 0 Å². The van der Waals surface area contributed by atoms with Crippen LogP contribution in [0.15, 0.2) is 34.9 Å². The molecule has 0 aliphatic rings. The zero-order valence-electron chi connectivity index (χ0n) is 8.51. The zero-order chi connectivity index (χ0) is 11.7. The summed E-state index contributed by atoms with van der Waals surface area (Å²) in [6, 6.07) is 7.20. The Kier molecular flexibility index (Phi) is 2.78. The van der Waals surface area contributed by atoms with Crippen LogP contribution in [0.3, 0.4) is 0 Å². The summed E-state index contributed by atoms with van der Waals surface area (Å²) in [6.45, 7) is 1.99. The molecule has 16 heavy (non-hydrogen) atoms. The van der Waals surface area contributed by atoms with Crippen molar-refractivity contribution in [2.24, 2.45) is 0 Å². The molecule has 0 unspecified atom stereocenters. The first kappa shape index (κ1) is 10.9. The molecule has 82 valence electrons. The van der Waals surface area contributed by atoms with Crippen molar-refractivity contribution in [1.29, 1.82) is 0 Å². The van der Waals surface area contributed by atoms with E-state index in [0.717, 1.165) is 15.7 Å². The molecule has 1 aromatic heterocycles. The number of rotatable bonds is 2. The second kappa shape index (κ2) is 4.09. The molecular formula is C11H9BrN2O2. The number of hydrogen-bond donors (Lipinski definition) is 1. The summed E-state index contributed by atoms with van der Waals surface area (Å²) in [5.74, 6) is -1.02. The first-order valence-electron chi connectivity index (χ1n) is 4.63. The number of nitrogens with zero attached hydrogens (tertiary/aromatic N) is 2. The van der Waals surface area contributed by atoms with Gasteiger partial charge in [0.25, 0.3) is 0 Å². The maximum atomic E-state index is 10.7. The minimum absolute atomic E-state index is 0.0386. The lowest BCUT2D eigenvalue weighted by atomic mass is 10.2. The van der Waals surface area contributed by atoms with Crippen molar-refractivity contribution in [3.8, 4) is 5.69 Å². The predicted octanol–water partition coefficient (Wildman–Crippen LogP) is 2.64. The largest absolute Gasteiger partial charge is 0.476 e. The Labute approximate surface area is 101 Å². The van der Waals surface area contributed by atoms with Crippen molar-refractivity contribution in [1.82, 2.24) is 9.78 Å². The number of aromatic carboxylic acids is 1. The van der Waals surface area contributed by atoms with Crippen molar-refractivity contribution < 1.29 is 9.90 Å². The smallest absolute Gasteiger partial charge is 0.356 e. The molecule has 0 saturated carbocycles. The number of benzene rings is 1. The van der Waals surface area contributed by atoms with Crippen molar-refractivity contribution in [3.63, 3.8) is 0 Å². The Bertz CT molecular complexity index is 549. The van der Waals surface area contributed by atoms with Gasteiger partial charge in [-0.3, -0.25) is 0 Å². The molecule has 0 spiro atoms. The van der Waals surface area contributed by atoms with E-state index in [-0.39, 0.29) is 5.69 Å². The lowest BCUT2D eigenvalue weighted by molar-refractivity contribution is 0.0690.